The Hall–Kier alpha value is -4.39. The average molecular weight is 603 g/mol. The van der Waals surface area contributed by atoms with Crippen molar-refractivity contribution >= 4 is 47.0 Å². The fourth-order valence-electron chi connectivity index (χ4n) is 4.75. The van der Waals surface area contributed by atoms with E-state index < -0.39 is 6.04 Å². The molecular weight excluding hydrogens is 564 g/mol. The molecule has 1 fully saturated rings. The van der Waals surface area contributed by atoms with Crippen molar-refractivity contribution in [3.8, 4) is 0 Å². The fourth-order valence-corrected chi connectivity index (χ4v) is 5.55. The molecule has 0 radical (unpaired) electrons. The van der Waals surface area contributed by atoms with Crippen molar-refractivity contribution in [2.24, 2.45) is 11.5 Å². The molecule has 3 aromatic rings. The number of hydrogen-bond acceptors (Lipinski definition) is 7. The second kappa shape index (κ2) is 15.7. The van der Waals surface area contributed by atoms with Gasteiger partial charge < -0.3 is 32.3 Å². The molecule has 0 aliphatic carbocycles. The van der Waals surface area contributed by atoms with Gasteiger partial charge >= 0.3 is 6.03 Å². The van der Waals surface area contributed by atoms with E-state index >= 15 is 0 Å². The number of anilines is 2. The summed E-state index contributed by atoms with van der Waals surface area (Å²) in [7, 11) is 0. The van der Waals surface area contributed by atoms with E-state index in [2.05, 4.69) is 20.7 Å². The van der Waals surface area contributed by atoms with Gasteiger partial charge in [-0.1, -0.05) is 42.5 Å². The molecule has 4 rings (SSSR count). The van der Waals surface area contributed by atoms with E-state index in [1.807, 2.05) is 71.6 Å². The molecule has 1 atom stereocenters. The number of urea groups is 1. The third-order valence-corrected chi connectivity index (χ3v) is 7.85. The monoisotopic (exact) mass is 602 g/mol. The molecule has 1 unspecified atom stereocenters. The van der Waals surface area contributed by atoms with Crippen LogP contribution < -0.4 is 32.1 Å². The number of amides is 4. The molecule has 43 heavy (non-hydrogen) atoms. The highest BCUT2D eigenvalue weighted by Gasteiger charge is 2.29. The van der Waals surface area contributed by atoms with Gasteiger partial charge in [-0.15, -0.1) is 0 Å². The third-order valence-electron chi connectivity index (χ3n) is 6.96. The number of hydrogen-bond donors (Lipinski definition) is 7. The number of rotatable bonds is 12. The number of amidine groups is 1. The number of nitrogen functional groups attached to an aromatic ring is 1. The van der Waals surface area contributed by atoms with Gasteiger partial charge in [0.1, 0.15) is 11.9 Å². The predicted molar refractivity (Wildman–Crippen MR) is 171 cm³/mol. The number of nitrogens with one attached hydrogen (secondary N) is 5. The largest absolute Gasteiger partial charge is 0.384 e. The molecule has 1 heterocycles. The molecule has 0 bridgehead atoms. The zero-order valence-corrected chi connectivity index (χ0v) is 24.7. The van der Waals surface area contributed by atoms with Crippen molar-refractivity contribution < 1.29 is 14.4 Å². The van der Waals surface area contributed by atoms with Crippen molar-refractivity contribution in [3.63, 3.8) is 0 Å². The molecule has 1 saturated heterocycles. The maximum absolute atomic E-state index is 13.8. The van der Waals surface area contributed by atoms with Gasteiger partial charge in [0, 0.05) is 53.9 Å². The van der Waals surface area contributed by atoms with Gasteiger partial charge in [0.15, 0.2) is 0 Å². The van der Waals surface area contributed by atoms with Gasteiger partial charge in [0.2, 0.25) is 11.8 Å². The first-order valence-corrected chi connectivity index (χ1v) is 15.0. The number of likely N-dealkylation sites (tertiary alicyclic amines) is 1. The summed E-state index contributed by atoms with van der Waals surface area (Å²) in [6, 6.07) is 23.1. The fraction of sp³-hybridized carbons (Fsp3) is 0.290. The second-order valence-electron chi connectivity index (χ2n) is 10.3. The van der Waals surface area contributed by atoms with E-state index in [1.54, 1.807) is 12.1 Å². The Balaban J connectivity index is 1.39. The van der Waals surface area contributed by atoms with Crippen LogP contribution in [0, 0.1) is 5.41 Å². The van der Waals surface area contributed by atoms with Gasteiger partial charge in [-0.3, -0.25) is 15.0 Å². The van der Waals surface area contributed by atoms with Crippen molar-refractivity contribution in [2.75, 3.05) is 30.3 Å². The SMILES string of the molecule is N=C(N)c1cccc(CC(NSc2cccc(NC(=O)CCN)c2)C(=O)N2CCC(NC(=O)Nc3ccccc3)CC2)c1. The number of nitrogens with zero attached hydrogens (tertiary/aromatic N) is 1. The van der Waals surface area contributed by atoms with Crippen molar-refractivity contribution in [1.29, 1.82) is 5.41 Å². The molecule has 11 nitrogen and oxygen atoms in total. The summed E-state index contributed by atoms with van der Waals surface area (Å²) in [5, 5.41) is 16.5. The Morgan fingerprint density at radius 1 is 0.930 bits per heavy atom. The Labute approximate surface area is 255 Å². The van der Waals surface area contributed by atoms with E-state index in [4.69, 9.17) is 16.9 Å². The van der Waals surface area contributed by atoms with Crippen LogP contribution in [-0.2, 0) is 16.0 Å². The standard InChI is InChI=1S/C31H38N8O3S/c32-15-12-28(40)35-25-10-5-11-26(20-25)43-38-27(19-21-6-4-7-22(18-21)29(33)34)30(41)39-16-13-24(14-17-39)37-31(42)36-23-8-2-1-3-9-23/h1-11,18,20,24,27,38H,12-17,19,32H2,(H3,33,34)(H,35,40)(H2,36,37,42). The van der Waals surface area contributed by atoms with E-state index in [1.165, 1.54) is 11.9 Å². The molecule has 3 aromatic carbocycles. The summed E-state index contributed by atoms with van der Waals surface area (Å²) >= 11 is 1.31. The first-order chi connectivity index (χ1) is 20.8. The molecule has 0 spiro atoms. The number of carbonyl (C=O) groups is 3. The summed E-state index contributed by atoms with van der Waals surface area (Å²) in [4.78, 5) is 40.9. The summed E-state index contributed by atoms with van der Waals surface area (Å²) in [6.07, 6.45) is 1.89. The summed E-state index contributed by atoms with van der Waals surface area (Å²) in [6.45, 7) is 1.28. The lowest BCUT2D eigenvalue weighted by atomic mass is 10.0. The minimum atomic E-state index is -0.575. The number of nitrogens with two attached hydrogens (primary N) is 2. The highest BCUT2D eigenvalue weighted by Crippen LogP contribution is 2.22. The minimum absolute atomic E-state index is 0.0357. The lowest BCUT2D eigenvalue weighted by Crippen LogP contribution is -2.52. The molecule has 226 valence electrons. The molecule has 4 amide bonds. The van der Waals surface area contributed by atoms with E-state index in [0.717, 1.165) is 16.1 Å². The Bertz CT molecular complexity index is 1410. The van der Waals surface area contributed by atoms with E-state index in [-0.39, 0.29) is 42.7 Å². The van der Waals surface area contributed by atoms with E-state index in [9.17, 15) is 14.4 Å². The van der Waals surface area contributed by atoms with Crippen molar-refractivity contribution in [1.82, 2.24) is 14.9 Å². The first kappa shape index (κ1) is 31.5. The van der Waals surface area contributed by atoms with Gasteiger partial charge in [-0.2, -0.15) is 0 Å². The molecule has 0 aromatic heterocycles. The smallest absolute Gasteiger partial charge is 0.319 e. The van der Waals surface area contributed by atoms with Crippen LogP contribution in [0.25, 0.3) is 0 Å². The van der Waals surface area contributed by atoms with Crippen LogP contribution in [-0.4, -0.2) is 60.3 Å². The normalized spacial score (nSPS) is 14.0. The topological polar surface area (TPSA) is 178 Å². The second-order valence-corrected chi connectivity index (χ2v) is 11.2. The van der Waals surface area contributed by atoms with Crippen LogP contribution in [0.3, 0.4) is 0 Å². The minimum Gasteiger partial charge on any atom is -0.384 e. The first-order valence-electron chi connectivity index (χ1n) is 14.2. The Kier molecular flexibility index (Phi) is 11.5. The molecule has 1 aliphatic rings. The number of carbonyl (C=O) groups excluding carboxylic acids is 3. The number of piperidine rings is 1. The van der Waals surface area contributed by atoms with Gasteiger partial charge in [-0.05, 0) is 73.2 Å². The van der Waals surface area contributed by atoms with Gasteiger partial charge in [0.05, 0.1) is 0 Å². The van der Waals surface area contributed by atoms with E-state index in [0.29, 0.717) is 43.6 Å². The predicted octanol–water partition coefficient (Wildman–Crippen LogP) is 3.28. The van der Waals surface area contributed by atoms with Gasteiger partial charge in [-0.25, -0.2) is 9.52 Å². The Morgan fingerprint density at radius 3 is 2.37 bits per heavy atom. The third kappa shape index (κ3) is 9.84. The summed E-state index contributed by atoms with van der Waals surface area (Å²) < 4.78 is 3.33. The highest BCUT2D eigenvalue weighted by atomic mass is 32.2. The molecular formula is C31H38N8O3S. The maximum Gasteiger partial charge on any atom is 0.319 e. The lowest BCUT2D eigenvalue weighted by molar-refractivity contribution is -0.134. The number of benzene rings is 3. The van der Waals surface area contributed by atoms with Crippen molar-refractivity contribution in [2.45, 2.75) is 42.7 Å². The van der Waals surface area contributed by atoms with Crippen LogP contribution in [0.15, 0.2) is 83.8 Å². The lowest BCUT2D eigenvalue weighted by Gasteiger charge is -2.34. The Morgan fingerprint density at radius 2 is 1.65 bits per heavy atom. The quantitative estimate of drug-likeness (QED) is 0.0944. The van der Waals surface area contributed by atoms with Gasteiger partial charge in [0.25, 0.3) is 0 Å². The van der Waals surface area contributed by atoms with Crippen LogP contribution in [0.5, 0.6) is 0 Å². The molecule has 0 saturated carbocycles. The zero-order chi connectivity index (χ0) is 30.6. The van der Waals surface area contributed by atoms with Crippen LogP contribution in [0.4, 0.5) is 16.2 Å². The molecule has 9 N–H and O–H groups in total. The van der Waals surface area contributed by atoms with Crippen LogP contribution in [0.1, 0.15) is 30.4 Å². The van der Waals surface area contributed by atoms with Crippen LogP contribution in [0.2, 0.25) is 0 Å². The molecule has 12 heteroatoms. The summed E-state index contributed by atoms with van der Waals surface area (Å²) in [5.41, 5.74) is 14.0. The summed E-state index contributed by atoms with van der Waals surface area (Å²) in [5.74, 6) is -0.252. The molecule has 1 aliphatic heterocycles. The average Bonchev–Trinajstić information content (AvgIpc) is 3.00. The zero-order valence-electron chi connectivity index (χ0n) is 23.8. The number of para-hydroxylation sites is 1. The maximum atomic E-state index is 13.8. The van der Waals surface area contributed by atoms with Crippen LogP contribution >= 0.6 is 11.9 Å². The van der Waals surface area contributed by atoms with Crippen molar-refractivity contribution in [3.05, 3.63) is 90.0 Å². The highest BCUT2D eigenvalue weighted by molar-refractivity contribution is 7.97.